The molecule has 2 rings (SSSR count). The number of hydrogen-bond donors (Lipinski definition) is 2. The van der Waals surface area contributed by atoms with E-state index in [1.165, 1.54) is 6.92 Å². The number of amides is 2. The first-order valence-corrected chi connectivity index (χ1v) is 7.71. The van der Waals surface area contributed by atoms with Crippen molar-refractivity contribution in [3.63, 3.8) is 0 Å². The summed E-state index contributed by atoms with van der Waals surface area (Å²) in [4.78, 5) is 23.7. The Bertz CT molecular complexity index is 701. The van der Waals surface area contributed by atoms with Crippen molar-refractivity contribution < 1.29 is 9.59 Å². The Kier molecular flexibility index (Phi) is 5.77. The van der Waals surface area contributed by atoms with E-state index < -0.39 is 0 Å². The molecule has 0 bridgehead atoms. The van der Waals surface area contributed by atoms with Gasteiger partial charge in [-0.1, -0.05) is 48.0 Å². The molecule has 23 heavy (non-hydrogen) atoms. The summed E-state index contributed by atoms with van der Waals surface area (Å²) in [5, 5.41) is 6.23. The van der Waals surface area contributed by atoms with Crippen molar-refractivity contribution in [2.45, 2.75) is 26.3 Å². The molecule has 0 radical (unpaired) electrons. The third-order valence-electron chi connectivity index (χ3n) is 3.44. The normalized spacial score (nSPS) is 11.6. The zero-order valence-electron chi connectivity index (χ0n) is 13.1. The molecule has 120 valence electrons. The lowest BCUT2D eigenvalue weighted by Crippen LogP contribution is -2.29. The summed E-state index contributed by atoms with van der Waals surface area (Å²) in [6.45, 7) is 3.34. The van der Waals surface area contributed by atoms with Gasteiger partial charge in [0.2, 0.25) is 11.8 Å². The highest BCUT2D eigenvalue weighted by Gasteiger charge is 2.17. The number of nitrogens with one attached hydrogen (secondary N) is 2. The Hall–Kier alpha value is -2.33. The minimum atomic E-state index is -0.367. The van der Waals surface area contributed by atoms with E-state index >= 15 is 0 Å². The van der Waals surface area contributed by atoms with Crippen LogP contribution >= 0.6 is 11.6 Å². The van der Waals surface area contributed by atoms with Gasteiger partial charge in [0, 0.05) is 17.6 Å². The van der Waals surface area contributed by atoms with E-state index in [2.05, 4.69) is 10.6 Å². The van der Waals surface area contributed by atoms with Crippen molar-refractivity contribution in [1.82, 2.24) is 5.32 Å². The largest absolute Gasteiger partial charge is 0.349 e. The van der Waals surface area contributed by atoms with Gasteiger partial charge in [0.05, 0.1) is 12.5 Å². The quantitative estimate of drug-likeness (QED) is 0.874. The van der Waals surface area contributed by atoms with E-state index in [4.69, 9.17) is 11.6 Å². The van der Waals surface area contributed by atoms with Crippen LogP contribution in [0.2, 0.25) is 5.02 Å². The third kappa shape index (κ3) is 5.11. The number of hydrogen-bond acceptors (Lipinski definition) is 2. The number of halogens is 1. The van der Waals surface area contributed by atoms with Crippen molar-refractivity contribution in [3.8, 4) is 0 Å². The molecular formula is C18H19ClN2O2. The lowest BCUT2D eigenvalue weighted by atomic mass is 10.0. The molecule has 2 amide bonds. The van der Waals surface area contributed by atoms with Gasteiger partial charge in [-0.2, -0.15) is 0 Å². The number of carbonyl (C=O) groups is 2. The summed E-state index contributed by atoms with van der Waals surface area (Å²) in [7, 11) is 0. The Morgan fingerprint density at radius 2 is 1.83 bits per heavy atom. The second kappa shape index (κ2) is 7.79. The van der Waals surface area contributed by atoms with Crippen LogP contribution in [-0.2, 0) is 9.59 Å². The maximum absolute atomic E-state index is 12.3. The molecule has 0 saturated heterocycles. The average molecular weight is 331 g/mol. The van der Waals surface area contributed by atoms with Gasteiger partial charge in [0.25, 0.3) is 0 Å². The molecule has 4 nitrogen and oxygen atoms in total. The molecule has 0 aliphatic rings. The van der Waals surface area contributed by atoms with Gasteiger partial charge in [-0.3, -0.25) is 9.59 Å². The second-order valence-electron chi connectivity index (χ2n) is 5.38. The summed E-state index contributed by atoms with van der Waals surface area (Å²) in [5.74, 6) is -0.358. The molecule has 2 aromatic rings. The predicted molar refractivity (Wildman–Crippen MR) is 92.4 cm³/mol. The standard InChI is InChI=1S/C18H19ClN2O2/c1-12-8-9-15(19)10-16(12)21-18(23)11-17(20-13(2)22)14-6-4-3-5-7-14/h3-10,17H,11H2,1-2H3,(H,20,22)(H,21,23)/t17-/m0/s1. The molecule has 5 heteroatoms. The van der Waals surface area contributed by atoms with Crippen molar-refractivity contribution in [1.29, 1.82) is 0 Å². The summed E-state index contributed by atoms with van der Waals surface area (Å²) in [5.41, 5.74) is 2.50. The van der Waals surface area contributed by atoms with Crippen LogP contribution in [0.25, 0.3) is 0 Å². The van der Waals surface area contributed by atoms with Gasteiger partial charge in [0.15, 0.2) is 0 Å². The molecule has 1 atom stereocenters. The van der Waals surface area contributed by atoms with E-state index in [-0.39, 0.29) is 24.3 Å². The van der Waals surface area contributed by atoms with Crippen molar-refractivity contribution >= 4 is 29.1 Å². The second-order valence-corrected chi connectivity index (χ2v) is 5.81. The molecule has 0 saturated carbocycles. The number of rotatable bonds is 5. The molecule has 0 aromatic heterocycles. The van der Waals surface area contributed by atoms with E-state index in [0.717, 1.165) is 11.1 Å². The molecule has 0 heterocycles. The molecule has 0 unspecified atom stereocenters. The van der Waals surface area contributed by atoms with E-state index in [0.29, 0.717) is 10.7 Å². The number of benzene rings is 2. The van der Waals surface area contributed by atoms with E-state index in [1.54, 1.807) is 12.1 Å². The van der Waals surface area contributed by atoms with Gasteiger partial charge in [-0.25, -0.2) is 0 Å². The maximum atomic E-state index is 12.3. The average Bonchev–Trinajstić information content (AvgIpc) is 2.51. The summed E-state index contributed by atoms with van der Waals surface area (Å²) >= 11 is 5.96. The van der Waals surface area contributed by atoms with Crippen LogP contribution in [0.4, 0.5) is 5.69 Å². The molecule has 2 N–H and O–H groups in total. The zero-order chi connectivity index (χ0) is 16.8. The van der Waals surface area contributed by atoms with E-state index in [1.807, 2.05) is 43.3 Å². The van der Waals surface area contributed by atoms with Crippen molar-refractivity contribution in [2.75, 3.05) is 5.32 Å². The number of anilines is 1. The highest BCUT2D eigenvalue weighted by Crippen LogP contribution is 2.22. The third-order valence-corrected chi connectivity index (χ3v) is 3.68. The minimum absolute atomic E-state index is 0.148. The molecule has 0 aliphatic carbocycles. The minimum Gasteiger partial charge on any atom is -0.349 e. The lowest BCUT2D eigenvalue weighted by molar-refractivity contribution is -0.120. The smallest absolute Gasteiger partial charge is 0.226 e. The van der Waals surface area contributed by atoms with Gasteiger partial charge < -0.3 is 10.6 Å². The Morgan fingerprint density at radius 1 is 1.13 bits per heavy atom. The van der Waals surface area contributed by atoms with Crippen molar-refractivity contribution in [2.24, 2.45) is 0 Å². The molecule has 0 aliphatic heterocycles. The monoisotopic (exact) mass is 330 g/mol. The lowest BCUT2D eigenvalue weighted by Gasteiger charge is -2.18. The fourth-order valence-electron chi connectivity index (χ4n) is 2.30. The first-order valence-electron chi connectivity index (χ1n) is 7.34. The SMILES string of the molecule is CC(=O)N[C@@H](CC(=O)Nc1cc(Cl)ccc1C)c1ccccc1. The number of aryl methyl sites for hydroxylation is 1. The van der Waals surface area contributed by atoms with Gasteiger partial charge >= 0.3 is 0 Å². The summed E-state index contributed by atoms with van der Waals surface area (Å²) in [6.07, 6.45) is 0.148. The maximum Gasteiger partial charge on any atom is 0.226 e. The van der Waals surface area contributed by atoms with Crippen LogP contribution in [-0.4, -0.2) is 11.8 Å². The molecule has 0 fully saturated rings. The molecular weight excluding hydrogens is 312 g/mol. The Balaban J connectivity index is 2.11. The van der Waals surface area contributed by atoms with Crippen LogP contribution in [0.1, 0.15) is 30.5 Å². The first kappa shape index (κ1) is 17.0. The number of carbonyl (C=O) groups excluding carboxylic acids is 2. The van der Waals surface area contributed by atoms with Gasteiger partial charge in [-0.05, 0) is 30.2 Å². The zero-order valence-corrected chi connectivity index (χ0v) is 13.9. The fraction of sp³-hybridized carbons (Fsp3) is 0.222. The summed E-state index contributed by atoms with van der Waals surface area (Å²) in [6, 6.07) is 14.4. The molecule has 2 aromatic carbocycles. The van der Waals surface area contributed by atoms with Crippen LogP contribution in [0, 0.1) is 6.92 Å². The summed E-state index contributed by atoms with van der Waals surface area (Å²) < 4.78 is 0. The van der Waals surface area contributed by atoms with Crippen LogP contribution < -0.4 is 10.6 Å². The Labute approximate surface area is 140 Å². The Morgan fingerprint density at radius 3 is 2.48 bits per heavy atom. The molecule has 0 spiro atoms. The van der Waals surface area contributed by atoms with Crippen LogP contribution in [0.3, 0.4) is 0 Å². The first-order chi connectivity index (χ1) is 11.0. The van der Waals surface area contributed by atoms with Crippen molar-refractivity contribution in [3.05, 3.63) is 64.7 Å². The van der Waals surface area contributed by atoms with Gasteiger partial charge in [0.1, 0.15) is 0 Å². The van der Waals surface area contributed by atoms with E-state index in [9.17, 15) is 9.59 Å². The van der Waals surface area contributed by atoms with Gasteiger partial charge in [-0.15, -0.1) is 0 Å². The van der Waals surface area contributed by atoms with Crippen LogP contribution in [0.15, 0.2) is 48.5 Å². The highest BCUT2D eigenvalue weighted by molar-refractivity contribution is 6.31. The fourth-order valence-corrected chi connectivity index (χ4v) is 2.47. The van der Waals surface area contributed by atoms with Crippen LogP contribution in [0.5, 0.6) is 0 Å². The predicted octanol–water partition coefficient (Wildman–Crippen LogP) is 3.85. The topological polar surface area (TPSA) is 58.2 Å². The highest BCUT2D eigenvalue weighted by atomic mass is 35.5.